The van der Waals surface area contributed by atoms with Crippen LogP contribution in [0.25, 0.3) is 0 Å². The molecule has 1 N–H and O–H groups in total. The normalized spacial score (nSPS) is 27.6. The molecular weight excluding hydrogens is 304 g/mol. The van der Waals surface area contributed by atoms with Crippen molar-refractivity contribution >= 4 is 6.09 Å². The van der Waals surface area contributed by atoms with Crippen LogP contribution < -0.4 is 5.32 Å². The number of amides is 1. The van der Waals surface area contributed by atoms with Gasteiger partial charge in [-0.3, -0.25) is 0 Å². The maximum atomic E-state index is 12.3. The summed E-state index contributed by atoms with van der Waals surface area (Å²) in [5, 5.41) is 0.859. The van der Waals surface area contributed by atoms with Gasteiger partial charge in [0.2, 0.25) is 6.04 Å². The third-order valence-corrected chi connectivity index (χ3v) is 3.74. The zero-order valence-electron chi connectivity index (χ0n) is 11.5. The van der Waals surface area contributed by atoms with Gasteiger partial charge in [-0.15, -0.1) is 0 Å². The van der Waals surface area contributed by atoms with Crippen molar-refractivity contribution in [2.24, 2.45) is 11.8 Å². The maximum absolute atomic E-state index is 12.3. The molecular formula is C12H17F6NO2. The van der Waals surface area contributed by atoms with Crippen LogP contribution in [0.5, 0.6) is 0 Å². The van der Waals surface area contributed by atoms with Crippen LogP contribution in [0.1, 0.15) is 33.1 Å². The summed E-state index contributed by atoms with van der Waals surface area (Å²) < 4.78 is 78.3. The highest BCUT2D eigenvalue weighted by atomic mass is 19.4. The third kappa shape index (κ3) is 5.28. The summed E-state index contributed by atoms with van der Waals surface area (Å²) >= 11 is 0. The van der Waals surface area contributed by atoms with E-state index in [4.69, 9.17) is 0 Å². The molecule has 1 rings (SSSR count). The van der Waals surface area contributed by atoms with Crippen LogP contribution in [0.15, 0.2) is 0 Å². The van der Waals surface area contributed by atoms with E-state index in [0.717, 1.165) is 5.32 Å². The van der Waals surface area contributed by atoms with Crippen LogP contribution in [-0.2, 0) is 4.74 Å². The minimum Gasteiger partial charge on any atom is -0.446 e. The fourth-order valence-corrected chi connectivity index (χ4v) is 2.26. The molecule has 0 aliphatic heterocycles. The van der Waals surface area contributed by atoms with Crippen LogP contribution in [0.4, 0.5) is 31.1 Å². The van der Waals surface area contributed by atoms with E-state index < -0.39 is 30.6 Å². The number of rotatable bonds is 2. The van der Waals surface area contributed by atoms with Crippen molar-refractivity contribution in [1.82, 2.24) is 5.32 Å². The van der Waals surface area contributed by atoms with Crippen LogP contribution in [0.2, 0.25) is 0 Å². The molecule has 1 amide bonds. The molecule has 9 heteroatoms. The average molecular weight is 321 g/mol. The average Bonchev–Trinajstić information content (AvgIpc) is 2.28. The van der Waals surface area contributed by atoms with E-state index in [0.29, 0.717) is 25.2 Å². The molecule has 0 heterocycles. The van der Waals surface area contributed by atoms with Crippen molar-refractivity contribution in [3.63, 3.8) is 0 Å². The molecule has 0 spiro atoms. The predicted molar refractivity (Wildman–Crippen MR) is 61.5 cm³/mol. The second-order valence-corrected chi connectivity index (χ2v) is 5.46. The summed E-state index contributed by atoms with van der Waals surface area (Å²) in [6.07, 6.45) is -12.0. The number of halogens is 6. The molecule has 0 aromatic carbocycles. The highest BCUT2D eigenvalue weighted by Gasteiger charge is 2.58. The summed E-state index contributed by atoms with van der Waals surface area (Å²) in [7, 11) is 0. The summed E-state index contributed by atoms with van der Waals surface area (Å²) in [5.41, 5.74) is 0. The molecule has 1 fully saturated rings. The van der Waals surface area contributed by atoms with Gasteiger partial charge in [0.05, 0.1) is 0 Å². The number of hydrogen-bond donors (Lipinski definition) is 1. The Labute approximate surface area is 118 Å². The Balaban J connectivity index is 2.59. The molecule has 3 unspecified atom stereocenters. The fourth-order valence-electron chi connectivity index (χ4n) is 2.26. The van der Waals surface area contributed by atoms with Gasteiger partial charge in [-0.05, 0) is 31.1 Å². The molecule has 1 saturated carbocycles. The molecule has 1 aliphatic rings. The van der Waals surface area contributed by atoms with Crippen LogP contribution >= 0.6 is 0 Å². The molecule has 3 atom stereocenters. The van der Waals surface area contributed by atoms with Crippen molar-refractivity contribution < 1.29 is 35.9 Å². The lowest BCUT2D eigenvalue weighted by Crippen LogP contribution is -2.55. The predicted octanol–water partition coefficient (Wildman–Crippen LogP) is 4.03. The number of alkyl carbamates (subject to hydrolysis) is 1. The molecule has 0 radical (unpaired) electrons. The highest BCUT2D eigenvalue weighted by molar-refractivity contribution is 5.68. The van der Waals surface area contributed by atoms with Gasteiger partial charge in [-0.1, -0.05) is 13.8 Å². The number of alkyl halides is 6. The minimum atomic E-state index is -5.62. The lowest BCUT2D eigenvalue weighted by molar-refractivity contribution is -0.256. The van der Waals surface area contributed by atoms with E-state index in [1.807, 2.05) is 13.8 Å². The first kappa shape index (κ1) is 17.9. The molecule has 124 valence electrons. The summed E-state index contributed by atoms with van der Waals surface area (Å²) in [4.78, 5) is 11.3. The minimum absolute atomic E-state index is 0.192. The van der Waals surface area contributed by atoms with E-state index in [1.54, 1.807) is 0 Å². The Morgan fingerprint density at radius 3 is 2.00 bits per heavy atom. The number of ether oxygens (including phenoxy) is 1. The van der Waals surface area contributed by atoms with Gasteiger partial charge in [0.15, 0.2) is 0 Å². The molecule has 0 saturated heterocycles. The number of carbonyl (C=O) groups is 1. The van der Waals surface area contributed by atoms with E-state index in [-0.39, 0.29) is 5.92 Å². The first-order valence-electron chi connectivity index (χ1n) is 6.51. The van der Waals surface area contributed by atoms with Gasteiger partial charge >= 0.3 is 18.4 Å². The van der Waals surface area contributed by atoms with Gasteiger partial charge in [0.25, 0.3) is 0 Å². The van der Waals surface area contributed by atoms with Gasteiger partial charge in [-0.25, -0.2) is 4.79 Å². The number of nitrogens with one attached hydrogen (secondary N) is 1. The summed E-state index contributed by atoms with van der Waals surface area (Å²) in [5.74, 6) is 0.573. The van der Waals surface area contributed by atoms with Crippen LogP contribution in [-0.4, -0.2) is 30.6 Å². The Bertz CT molecular complexity index is 354. The van der Waals surface area contributed by atoms with Crippen molar-refractivity contribution in [3.8, 4) is 0 Å². The Morgan fingerprint density at radius 1 is 1.05 bits per heavy atom. The van der Waals surface area contributed by atoms with Crippen molar-refractivity contribution in [2.75, 3.05) is 0 Å². The van der Waals surface area contributed by atoms with Gasteiger partial charge in [0.1, 0.15) is 6.10 Å². The third-order valence-electron chi connectivity index (χ3n) is 3.74. The molecule has 21 heavy (non-hydrogen) atoms. The monoisotopic (exact) mass is 321 g/mol. The summed E-state index contributed by atoms with van der Waals surface area (Å²) in [6.45, 7) is 3.89. The largest absolute Gasteiger partial charge is 0.446 e. The maximum Gasteiger partial charge on any atom is 0.417 e. The first-order chi connectivity index (χ1) is 9.41. The smallest absolute Gasteiger partial charge is 0.417 e. The van der Waals surface area contributed by atoms with Crippen LogP contribution in [0.3, 0.4) is 0 Å². The quantitative estimate of drug-likeness (QED) is 0.780. The first-order valence-corrected chi connectivity index (χ1v) is 6.51. The Morgan fingerprint density at radius 2 is 1.57 bits per heavy atom. The topological polar surface area (TPSA) is 38.3 Å². The van der Waals surface area contributed by atoms with Gasteiger partial charge in [-0.2, -0.15) is 26.3 Å². The van der Waals surface area contributed by atoms with E-state index in [9.17, 15) is 31.1 Å². The molecule has 0 aromatic rings. The zero-order valence-corrected chi connectivity index (χ0v) is 11.5. The van der Waals surface area contributed by atoms with E-state index in [1.165, 1.54) is 0 Å². The standard InChI is InChI=1S/C12H17F6NO2/c1-6-3-4-8(5-7(6)2)21-10(20)19-9(11(13,14)15)12(16,17)18/h6-9H,3-5H2,1-2H3,(H,19,20). The zero-order chi connectivity index (χ0) is 16.4. The van der Waals surface area contributed by atoms with Crippen molar-refractivity contribution in [3.05, 3.63) is 0 Å². The molecule has 1 aliphatic carbocycles. The number of hydrogen-bond acceptors (Lipinski definition) is 2. The van der Waals surface area contributed by atoms with E-state index in [2.05, 4.69) is 4.74 Å². The van der Waals surface area contributed by atoms with Crippen LogP contribution in [0, 0.1) is 11.8 Å². The van der Waals surface area contributed by atoms with Gasteiger partial charge in [0, 0.05) is 0 Å². The lowest BCUT2D eigenvalue weighted by Gasteiger charge is -2.32. The van der Waals surface area contributed by atoms with Crippen molar-refractivity contribution in [2.45, 2.75) is 57.6 Å². The number of carbonyl (C=O) groups excluding carboxylic acids is 1. The van der Waals surface area contributed by atoms with Crippen molar-refractivity contribution in [1.29, 1.82) is 0 Å². The molecule has 3 nitrogen and oxygen atoms in total. The fraction of sp³-hybridized carbons (Fsp3) is 0.917. The second kappa shape index (κ2) is 6.31. The SMILES string of the molecule is CC1CCC(OC(=O)NC(C(F)(F)F)C(F)(F)F)CC1C. The van der Waals surface area contributed by atoms with Gasteiger partial charge < -0.3 is 10.1 Å². The molecule has 0 bridgehead atoms. The summed E-state index contributed by atoms with van der Waals surface area (Å²) in [6, 6.07) is -3.92. The molecule has 0 aromatic heterocycles. The second-order valence-electron chi connectivity index (χ2n) is 5.46. The lowest BCUT2D eigenvalue weighted by atomic mass is 9.80. The Hall–Kier alpha value is -1.15. The highest BCUT2D eigenvalue weighted by Crippen LogP contribution is 2.34. The van der Waals surface area contributed by atoms with E-state index >= 15 is 0 Å². The Kier molecular flexibility index (Phi) is 5.38.